The van der Waals surface area contributed by atoms with Crippen LogP contribution in [0.25, 0.3) is 0 Å². The molecule has 1 aromatic heterocycles. The van der Waals surface area contributed by atoms with E-state index in [0.29, 0.717) is 0 Å². The highest BCUT2D eigenvalue weighted by molar-refractivity contribution is 5.29. The summed E-state index contributed by atoms with van der Waals surface area (Å²) in [5.41, 5.74) is -0.603. The number of rotatable bonds is 5. The Hall–Kier alpha value is -2.35. The molecule has 112 valence electrons. The van der Waals surface area contributed by atoms with Crippen LogP contribution >= 0.6 is 0 Å². The van der Waals surface area contributed by atoms with Crippen molar-refractivity contribution in [1.29, 1.82) is 0 Å². The van der Waals surface area contributed by atoms with Gasteiger partial charge in [-0.2, -0.15) is 13.2 Å². The summed E-state index contributed by atoms with van der Waals surface area (Å²) >= 11 is 0. The highest BCUT2D eigenvalue weighted by Crippen LogP contribution is 2.31. The Morgan fingerprint density at radius 2 is 1.86 bits per heavy atom. The van der Waals surface area contributed by atoms with Gasteiger partial charge in [0.2, 0.25) is 0 Å². The van der Waals surface area contributed by atoms with Gasteiger partial charge in [0.05, 0.1) is 18.2 Å². The Morgan fingerprint density at radius 1 is 1.14 bits per heavy atom. The van der Waals surface area contributed by atoms with Gasteiger partial charge in [-0.25, -0.2) is 0 Å². The zero-order valence-corrected chi connectivity index (χ0v) is 10.7. The molecule has 0 fully saturated rings. The molecule has 0 saturated carbocycles. The molecule has 5 nitrogen and oxygen atoms in total. The van der Waals surface area contributed by atoms with Crippen molar-refractivity contribution in [3.05, 3.63) is 63.4 Å². The van der Waals surface area contributed by atoms with Crippen LogP contribution in [0.3, 0.4) is 0 Å². The Bertz CT molecular complexity index is 638. The van der Waals surface area contributed by atoms with Crippen molar-refractivity contribution >= 4 is 5.88 Å². The zero-order valence-electron chi connectivity index (χ0n) is 10.7. The molecule has 0 aliphatic rings. The minimum absolute atomic E-state index is 0.0236. The van der Waals surface area contributed by atoms with E-state index >= 15 is 0 Å². The average Bonchev–Trinajstić information content (AvgIpc) is 2.87. The van der Waals surface area contributed by atoms with Gasteiger partial charge in [0.1, 0.15) is 10.7 Å². The summed E-state index contributed by atoms with van der Waals surface area (Å²) in [7, 11) is 0. The first kappa shape index (κ1) is 15.0. The van der Waals surface area contributed by atoms with Gasteiger partial charge in [0.15, 0.2) is 0 Å². The molecule has 1 aromatic carbocycles. The van der Waals surface area contributed by atoms with Crippen LogP contribution in [0.4, 0.5) is 19.1 Å². The fraction of sp³-hybridized carbons (Fsp3) is 0.231. The van der Waals surface area contributed by atoms with Crippen molar-refractivity contribution < 1.29 is 22.5 Å². The molecule has 0 radical (unpaired) electrons. The second-order valence-electron chi connectivity index (χ2n) is 4.26. The summed E-state index contributed by atoms with van der Waals surface area (Å²) in [5.74, 6) is -0.117. The topological polar surface area (TPSA) is 68.3 Å². The van der Waals surface area contributed by atoms with Gasteiger partial charge in [-0.3, -0.25) is 10.1 Å². The van der Waals surface area contributed by atoms with Gasteiger partial charge >= 0.3 is 12.1 Å². The predicted octanol–water partition coefficient (Wildman–Crippen LogP) is 3.50. The quantitative estimate of drug-likeness (QED) is 0.678. The number of hydrogen-bond acceptors (Lipinski definition) is 4. The summed E-state index contributed by atoms with van der Waals surface area (Å²) < 4.78 is 43.2. The van der Waals surface area contributed by atoms with Gasteiger partial charge in [0, 0.05) is 6.54 Å². The molecule has 0 saturated heterocycles. The highest BCUT2D eigenvalue weighted by Gasteiger charge is 2.32. The van der Waals surface area contributed by atoms with Crippen LogP contribution < -0.4 is 5.32 Å². The highest BCUT2D eigenvalue weighted by atomic mass is 19.4. The molecular weight excluding hydrogens is 289 g/mol. The van der Waals surface area contributed by atoms with Crippen LogP contribution in [0, 0.1) is 10.1 Å². The van der Waals surface area contributed by atoms with Crippen LogP contribution in [0.2, 0.25) is 0 Å². The molecule has 21 heavy (non-hydrogen) atoms. The van der Waals surface area contributed by atoms with Crippen LogP contribution in [0.15, 0.2) is 40.8 Å². The summed E-state index contributed by atoms with van der Waals surface area (Å²) in [5, 5.41) is 13.2. The molecule has 2 aromatic rings. The van der Waals surface area contributed by atoms with Crippen molar-refractivity contribution in [3.8, 4) is 0 Å². The normalized spacial score (nSPS) is 11.6. The van der Waals surface area contributed by atoms with Crippen LogP contribution in [0.5, 0.6) is 0 Å². The maximum absolute atomic E-state index is 12.8. The second-order valence-corrected chi connectivity index (χ2v) is 4.26. The van der Waals surface area contributed by atoms with E-state index in [9.17, 15) is 23.3 Å². The molecule has 2 rings (SSSR count). The van der Waals surface area contributed by atoms with Crippen LogP contribution in [-0.2, 0) is 19.3 Å². The number of hydrogen-bond donors (Lipinski definition) is 1. The first-order valence-electron chi connectivity index (χ1n) is 5.97. The molecule has 0 atom stereocenters. The first-order chi connectivity index (χ1) is 9.88. The Morgan fingerprint density at radius 3 is 2.48 bits per heavy atom. The van der Waals surface area contributed by atoms with E-state index in [4.69, 9.17) is 4.42 Å². The largest absolute Gasteiger partial charge is 0.433 e. The second kappa shape index (κ2) is 5.96. The van der Waals surface area contributed by atoms with E-state index in [-0.39, 0.29) is 24.4 Å². The smallest absolute Gasteiger partial charge is 0.404 e. The van der Waals surface area contributed by atoms with Gasteiger partial charge in [-0.15, -0.1) is 0 Å². The van der Waals surface area contributed by atoms with Gasteiger partial charge in [-0.1, -0.05) is 18.2 Å². The van der Waals surface area contributed by atoms with E-state index < -0.39 is 22.5 Å². The van der Waals surface area contributed by atoms with Gasteiger partial charge in [0.25, 0.3) is 0 Å². The number of nitrogens with zero attached hydrogens (tertiary/aromatic N) is 1. The maximum atomic E-state index is 12.8. The van der Waals surface area contributed by atoms with Crippen molar-refractivity contribution in [2.75, 3.05) is 0 Å². The van der Waals surface area contributed by atoms with E-state index in [1.807, 2.05) is 0 Å². The predicted molar refractivity (Wildman–Crippen MR) is 67.4 cm³/mol. The molecule has 1 N–H and O–H groups in total. The third kappa shape index (κ3) is 3.82. The van der Waals surface area contributed by atoms with Crippen LogP contribution in [0.1, 0.15) is 16.9 Å². The zero-order chi connectivity index (χ0) is 15.5. The number of benzene rings is 1. The number of furan rings is 1. The monoisotopic (exact) mass is 300 g/mol. The average molecular weight is 300 g/mol. The van der Waals surface area contributed by atoms with Crippen molar-refractivity contribution in [2.45, 2.75) is 19.3 Å². The number of halogens is 3. The van der Waals surface area contributed by atoms with Crippen molar-refractivity contribution in [2.24, 2.45) is 0 Å². The summed E-state index contributed by atoms with van der Waals surface area (Å²) in [6.45, 7) is 0.0736. The molecule has 0 bridgehead atoms. The van der Waals surface area contributed by atoms with E-state index in [0.717, 1.165) is 6.07 Å². The number of nitro groups is 1. The summed E-state index contributed by atoms with van der Waals surface area (Å²) in [4.78, 5) is 9.75. The Balaban J connectivity index is 1.99. The number of nitrogens with one attached hydrogen (secondary N) is 1. The third-order valence-corrected chi connectivity index (χ3v) is 2.76. The SMILES string of the molecule is O=[N+]([O-])c1ccc(CNCc2ccccc2C(F)(F)F)o1. The summed E-state index contributed by atoms with van der Waals surface area (Å²) in [6, 6.07) is 7.82. The molecule has 0 spiro atoms. The number of alkyl halides is 3. The third-order valence-electron chi connectivity index (χ3n) is 2.76. The molecule has 0 aliphatic heterocycles. The first-order valence-corrected chi connectivity index (χ1v) is 5.97. The lowest BCUT2D eigenvalue weighted by Gasteiger charge is -2.12. The maximum Gasteiger partial charge on any atom is 0.433 e. The molecule has 1 heterocycles. The van der Waals surface area contributed by atoms with Gasteiger partial charge in [-0.05, 0) is 17.7 Å². The fourth-order valence-corrected chi connectivity index (χ4v) is 1.83. The lowest BCUT2D eigenvalue weighted by Crippen LogP contribution is -2.17. The standard InChI is InChI=1S/C13H11F3N2O3/c14-13(15,16)11-4-2-1-3-9(11)7-17-8-10-5-6-12(21-10)18(19)20/h1-6,17H,7-8H2. The molecule has 0 aliphatic carbocycles. The Labute approximate surface area is 117 Å². The van der Waals surface area contributed by atoms with E-state index in [2.05, 4.69) is 5.32 Å². The Kier molecular flexibility index (Phi) is 4.27. The lowest BCUT2D eigenvalue weighted by molar-refractivity contribution is -0.402. The minimum atomic E-state index is -4.41. The van der Waals surface area contributed by atoms with Crippen molar-refractivity contribution in [3.63, 3.8) is 0 Å². The van der Waals surface area contributed by atoms with E-state index in [1.54, 1.807) is 0 Å². The molecule has 0 unspecified atom stereocenters. The molecule has 8 heteroatoms. The van der Waals surface area contributed by atoms with E-state index in [1.165, 1.54) is 30.3 Å². The molecule has 0 amide bonds. The molecular formula is C13H11F3N2O3. The lowest BCUT2D eigenvalue weighted by atomic mass is 10.1. The fourth-order valence-electron chi connectivity index (χ4n) is 1.83. The summed E-state index contributed by atoms with van der Waals surface area (Å²) in [6.07, 6.45) is -4.41. The van der Waals surface area contributed by atoms with Crippen LogP contribution in [-0.4, -0.2) is 4.92 Å². The minimum Gasteiger partial charge on any atom is -0.404 e. The van der Waals surface area contributed by atoms with Gasteiger partial charge < -0.3 is 9.73 Å². The van der Waals surface area contributed by atoms with Crippen molar-refractivity contribution in [1.82, 2.24) is 5.32 Å².